The number of methoxy groups -OCH3 is 1. The second kappa shape index (κ2) is 8.51. The zero-order valence-corrected chi connectivity index (χ0v) is 16.8. The van der Waals surface area contributed by atoms with E-state index in [1.807, 2.05) is 18.2 Å². The van der Waals surface area contributed by atoms with E-state index in [0.29, 0.717) is 0 Å². The number of piperidine rings is 1. The first-order valence-corrected chi connectivity index (χ1v) is 10.2. The Bertz CT molecular complexity index is 931. The summed E-state index contributed by atoms with van der Waals surface area (Å²) in [4.78, 5) is 2.51. The second-order valence-corrected chi connectivity index (χ2v) is 7.69. The van der Waals surface area contributed by atoms with Crippen molar-refractivity contribution >= 4 is 0 Å². The van der Waals surface area contributed by atoms with Gasteiger partial charge in [0.15, 0.2) is 0 Å². The van der Waals surface area contributed by atoms with Crippen LogP contribution in [0.1, 0.15) is 35.6 Å². The molecule has 29 heavy (non-hydrogen) atoms. The Morgan fingerprint density at radius 1 is 0.862 bits per heavy atom. The lowest BCUT2D eigenvalue weighted by Gasteiger charge is -2.41. The number of benzene rings is 3. The van der Waals surface area contributed by atoms with E-state index in [1.165, 1.54) is 11.1 Å². The van der Waals surface area contributed by atoms with Crippen molar-refractivity contribution in [3.63, 3.8) is 0 Å². The topological polar surface area (TPSA) is 36.3 Å². The molecule has 0 radical (unpaired) electrons. The van der Waals surface area contributed by atoms with Crippen LogP contribution in [-0.4, -0.2) is 25.1 Å². The number of ether oxygens (including phenoxy) is 1. The molecule has 1 fully saturated rings. The van der Waals surface area contributed by atoms with Crippen LogP contribution in [0, 0.1) is 11.3 Å². The van der Waals surface area contributed by atoms with Crippen LogP contribution in [0.4, 0.5) is 0 Å². The molecule has 0 bridgehead atoms. The first-order valence-electron chi connectivity index (χ1n) is 10.2. The molecule has 1 aliphatic rings. The standard InChI is InChI=1S/C26H26N2O/c1-29-24-14-8-13-23(19-24)26(20-27)15-17-28(18-16-26)25(21-9-4-2-5-10-21)22-11-6-3-7-12-22/h2-14,19,25H,15-18H2,1H3. The highest BCUT2D eigenvalue weighted by atomic mass is 16.5. The zero-order chi connectivity index (χ0) is 20.1. The molecule has 0 unspecified atom stereocenters. The van der Waals surface area contributed by atoms with Crippen molar-refractivity contribution in [1.29, 1.82) is 5.26 Å². The van der Waals surface area contributed by atoms with Crippen LogP contribution in [0.5, 0.6) is 5.75 Å². The Hall–Kier alpha value is -3.09. The van der Waals surface area contributed by atoms with E-state index in [-0.39, 0.29) is 6.04 Å². The Labute approximate surface area is 173 Å². The van der Waals surface area contributed by atoms with Gasteiger partial charge in [-0.15, -0.1) is 0 Å². The molecule has 146 valence electrons. The van der Waals surface area contributed by atoms with Gasteiger partial charge in [-0.1, -0.05) is 72.8 Å². The van der Waals surface area contributed by atoms with E-state index in [9.17, 15) is 5.26 Å². The molecule has 0 aliphatic carbocycles. The molecular formula is C26H26N2O. The van der Waals surface area contributed by atoms with Crippen LogP contribution in [0.2, 0.25) is 0 Å². The number of hydrogen-bond donors (Lipinski definition) is 0. The normalized spacial score (nSPS) is 16.3. The van der Waals surface area contributed by atoms with Crippen LogP contribution in [0.15, 0.2) is 84.9 Å². The summed E-state index contributed by atoms with van der Waals surface area (Å²) in [6, 6.07) is 32.2. The van der Waals surface area contributed by atoms with Gasteiger partial charge < -0.3 is 4.74 Å². The van der Waals surface area contributed by atoms with Gasteiger partial charge in [-0.25, -0.2) is 0 Å². The van der Waals surface area contributed by atoms with Gasteiger partial charge in [-0.3, -0.25) is 4.90 Å². The SMILES string of the molecule is COc1cccc(C2(C#N)CCN(C(c3ccccc3)c3ccccc3)CC2)c1. The molecule has 4 rings (SSSR count). The fraction of sp³-hybridized carbons (Fsp3) is 0.269. The third-order valence-electron chi connectivity index (χ3n) is 6.08. The maximum Gasteiger partial charge on any atom is 0.119 e. The van der Waals surface area contributed by atoms with Crippen molar-refractivity contribution < 1.29 is 4.74 Å². The maximum absolute atomic E-state index is 10.1. The second-order valence-electron chi connectivity index (χ2n) is 7.69. The molecular weight excluding hydrogens is 356 g/mol. The number of nitrogens with zero attached hydrogens (tertiary/aromatic N) is 2. The minimum Gasteiger partial charge on any atom is -0.497 e. The average molecular weight is 383 g/mol. The summed E-state index contributed by atoms with van der Waals surface area (Å²) in [5.74, 6) is 0.811. The highest BCUT2D eigenvalue weighted by Gasteiger charge is 2.39. The van der Waals surface area contributed by atoms with Crippen molar-refractivity contribution in [3.05, 3.63) is 102 Å². The maximum atomic E-state index is 10.1. The van der Waals surface area contributed by atoms with Crippen LogP contribution < -0.4 is 4.74 Å². The number of likely N-dealkylation sites (tertiary alicyclic amines) is 1. The monoisotopic (exact) mass is 382 g/mol. The lowest BCUT2D eigenvalue weighted by molar-refractivity contribution is 0.152. The molecule has 1 saturated heterocycles. The fourth-order valence-corrected chi connectivity index (χ4v) is 4.43. The van der Waals surface area contributed by atoms with Gasteiger partial charge in [-0.05, 0) is 41.7 Å². The largest absolute Gasteiger partial charge is 0.497 e. The van der Waals surface area contributed by atoms with E-state index in [1.54, 1.807) is 7.11 Å². The minimum atomic E-state index is -0.455. The van der Waals surface area contributed by atoms with Gasteiger partial charge in [0, 0.05) is 13.1 Å². The van der Waals surface area contributed by atoms with Crippen LogP contribution in [-0.2, 0) is 5.41 Å². The van der Waals surface area contributed by atoms with Crippen LogP contribution in [0.25, 0.3) is 0 Å². The van der Waals surface area contributed by atoms with Crippen molar-refractivity contribution in [1.82, 2.24) is 4.90 Å². The third-order valence-corrected chi connectivity index (χ3v) is 6.08. The molecule has 3 nitrogen and oxygen atoms in total. The van der Waals surface area contributed by atoms with Crippen molar-refractivity contribution in [2.75, 3.05) is 20.2 Å². The Balaban J connectivity index is 1.61. The summed E-state index contributed by atoms with van der Waals surface area (Å²) in [6.45, 7) is 1.75. The molecule has 0 saturated carbocycles. The minimum absolute atomic E-state index is 0.208. The molecule has 3 heteroatoms. The number of nitriles is 1. The molecule has 0 atom stereocenters. The Kier molecular flexibility index (Phi) is 5.64. The molecule has 0 aromatic heterocycles. The smallest absolute Gasteiger partial charge is 0.119 e. The van der Waals surface area contributed by atoms with Gasteiger partial charge in [0.2, 0.25) is 0 Å². The first-order chi connectivity index (χ1) is 14.3. The van der Waals surface area contributed by atoms with Crippen molar-refractivity contribution in [3.8, 4) is 11.8 Å². The summed E-state index contributed by atoms with van der Waals surface area (Å²) in [7, 11) is 1.67. The van der Waals surface area contributed by atoms with E-state index < -0.39 is 5.41 Å². The summed E-state index contributed by atoms with van der Waals surface area (Å²) in [5, 5.41) is 10.1. The van der Waals surface area contributed by atoms with Crippen LogP contribution >= 0.6 is 0 Å². The molecule has 0 spiro atoms. The van der Waals surface area contributed by atoms with Crippen molar-refractivity contribution in [2.45, 2.75) is 24.3 Å². The molecule has 0 amide bonds. The predicted octanol–water partition coefficient (Wildman–Crippen LogP) is 5.34. The predicted molar refractivity (Wildman–Crippen MR) is 116 cm³/mol. The first kappa shape index (κ1) is 19.2. The quantitative estimate of drug-likeness (QED) is 0.597. The lowest BCUT2D eigenvalue weighted by atomic mass is 9.73. The van der Waals surface area contributed by atoms with Gasteiger partial charge in [0.05, 0.1) is 24.6 Å². The number of rotatable bonds is 5. The average Bonchev–Trinajstić information content (AvgIpc) is 2.81. The molecule has 1 heterocycles. The Morgan fingerprint density at radius 2 is 1.45 bits per heavy atom. The van der Waals surface area contributed by atoms with Crippen molar-refractivity contribution in [2.24, 2.45) is 0 Å². The van der Waals surface area contributed by atoms with Gasteiger partial charge >= 0.3 is 0 Å². The van der Waals surface area contributed by atoms with E-state index in [0.717, 1.165) is 37.2 Å². The van der Waals surface area contributed by atoms with E-state index in [2.05, 4.69) is 77.7 Å². The van der Waals surface area contributed by atoms with Gasteiger partial charge in [0.1, 0.15) is 5.75 Å². The Morgan fingerprint density at radius 3 is 1.97 bits per heavy atom. The molecule has 3 aromatic rings. The highest BCUT2D eigenvalue weighted by molar-refractivity contribution is 5.39. The fourth-order valence-electron chi connectivity index (χ4n) is 4.43. The molecule has 3 aromatic carbocycles. The van der Waals surface area contributed by atoms with E-state index >= 15 is 0 Å². The van der Waals surface area contributed by atoms with Gasteiger partial charge in [0.25, 0.3) is 0 Å². The highest BCUT2D eigenvalue weighted by Crippen LogP contribution is 2.40. The summed E-state index contributed by atoms with van der Waals surface area (Å²) < 4.78 is 5.39. The van der Waals surface area contributed by atoms with E-state index in [4.69, 9.17) is 4.74 Å². The summed E-state index contributed by atoms with van der Waals surface area (Å²) in [5.41, 5.74) is 3.20. The zero-order valence-electron chi connectivity index (χ0n) is 16.8. The summed E-state index contributed by atoms with van der Waals surface area (Å²) in [6.07, 6.45) is 1.62. The molecule has 0 N–H and O–H groups in total. The van der Waals surface area contributed by atoms with Gasteiger partial charge in [-0.2, -0.15) is 5.26 Å². The third kappa shape index (κ3) is 3.90. The summed E-state index contributed by atoms with van der Waals surface area (Å²) >= 11 is 0. The van der Waals surface area contributed by atoms with Crippen LogP contribution in [0.3, 0.4) is 0 Å². The lowest BCUT2D eigenvalue weighted by Crippen LogP contribution is -2.43. The number of hydrogen-bond acceptors (Lipinski definition) is 3. The molecule has 1 aliphatic heterocycles.